The molecule has 1 aromatic heterocycles. The predicted octanol–water partition coefficient (Wildman–Crippen LogP) is 18.9. The molecule has 0 aliphatic heterocycles. The van der Waals surface area contributed by atoms with Crippen molar-refractivity contribution >= 4 is 48.6 Å². The van der Waals surface area contributed by atoms with E-state index in [1.165, 1.54) is 113 Å². The summed E-state index contributed by atoms with van der Waals surface area (Å²) in [7, 11) is 0. The lowest BCUT2D eigenvalue weighted by molar-refractivity contribution is 0.327. The van der Waals surface area contributed by atoms with E-state index < -0.39 is 0 Å². The molecule has 3 unspecified atom stereocenters. The minimum absolute atomic E-state index is 0.147. The third-order valence-electron chi connectivity index (χ3n) is 16.0. The van der Waals surface area contributed by atoms with Crippen molar-refractivity contribution in [1.82, 2.24) is 0 Å². The van der Waals surface area contributed by atoms with Gasteiger partial charge in [0.15, 0.2) is 0 Å². The van der Waals surface area contributed by atoms with Gasteiger partial charge in [-0.25, -0.2) is 0 Å². The van der Waals surface area contributed by atoms with Crippen LogP contribution in [0, 0.1) is 11.8 Å². The fourth-order valence-electron chi connectivity index (χ4n) is 13.0. The third kappa shape index (κ3) is 6.43. The highest BCUT2D eigenvalue weighted by molar-refractivity contribution is 7.26. The summed E-state index contributed by atoms with van der Waals surface area (Å²) in [6.07, 6.45) is 5.39. The second kappa shape index (κ2) is 16.2. The van der Waals surface area contributed by atoms with E-state index in [4.69, 9.17) is 0 Å². The van der Waals surface area contributed by atoms with Crippen molar-refractivity contribution in [3.8, 4) is 66.8 Å². The molecule has 0 amide bonds. The molecule has 10 aromatic carbocycles. The SMILES string of the molecule is c1ccc(-c2ccccc2-c2ccccc2-c2ccccc2N(c2ccc(-c3ccc4c(c3)C3(CC5CCC3C5)c3ccccc3-4)cc2)c2cccc(-c3cccc4c3sc3ccccc34)c2)cc1. The largest absolute Gasteiger partial charge is 0.310 e. The lowest BCUT2D eigenvalue weighted by Gasteiger charge is -2.36. The van der Waals surface area contributed by atoms with E-state index in [2.05, 4.69) is 241 Å². The van der Waals surface area contributed by atoms with Crippen LogP contribution in [0.4, 0.5) is 17.1 Å². The first-order chi connectivity index (χ1) is 34.2. The Balaban J connectivity index is 0.922. The molecule has 14 rings (SSSR count). The Labute approximate surface area is 408 Å². The first-order valence-corrected chi connectivity index (χ1v) is 25.5. The summed E-state index contributed by atoms with van der Waals surface area (Å²) in [5.41, 5.74) is 21.8. The Morgan fingerprint density at radius 2 is 0.986 bits per heavy atom. The fourth-order valence-corrected chi connectivity index (χ4v) is 14.3. The van der Waals surface area contributed by atoms with Gasteiger partial charge in [0.2, 0.25) is 0 Å². The molecule has 0 N–H and O–H groups in total. The van der Waals surface area contributed by atoms with E-state index >= 15 is 0 Å². The first kappa shape index (κ1) is 40.3. The summed E-state index contributed by atoms with van der Waals surface area (Å²) in [5.74, 6) is 1.57. The van der Waals surface area contributed by atoms with Gasteiger partial charge in [-0.15, -0.1) is 11.3 Å². The molecule has 11 aromatic rings. The lowest BCUT2D eigenvalue weighted by atomic mass is 9.66. The van der Waals surface area contributed by atoms with E-state index in [9.17, 15) is 0 Å². The van der Waals surface area contributed by atoms with E-state index in [1.807, 2.05) is 11.3 Å². The summed E-state index contributed by atoms with van der Waals surface area (Å²) >= 11 is 1.89. The highest BCUT2D eigenvalue weighted by Gasteiger charge is 2.56. The van der Waals surface area contributed by atoms with Gasteiger partial charge < -0.3 is 4.90 Å². The number of rotatable bonds is 8. The Morgan fingerprint density at radius 1 is 0.377 bits per heavy atom. The van der Waals surface area contributed by atoms with Crippen molar-refractivity contribution in [3.63, 3.8) is 0 Å². The number of para-hydroxylation sites is 1. The van der Waals surface area contributed by atoms with Crippen LogP contribution in [0.15, 0.2) is 237 Å². The summed E-state index contributed by atoms with van der Waals surface area (Å²) in [6.45, 7) is 0. The molecule has 3 aliphatic rings. The highest BCUT2D eigenvalue weighted by atomic mass is 32.1. The monoisotopic (exact) mass is 899 g/mol. The number of benzene rings is 10. The molecule has 3 atom stereocenters. The Hall–Kier alpha value is -7.78. The number of hydrogen-bond acceptors (Lipinski definition) is 2. The third-order valence-corrected chi connectivity index (χ3v) is 17.2. The molecule has 1 spiro atoms. The second-order valence-electron chi connectivity index (χ2n) is 19.5. The molecule has 1 nitrogen and oxygen atoms in total. The number of thiophene rings is 1. The molecule has 0 saturated heterocycles. The summed E-state index contributed by atoms with van der Waals surface area (Å²) in [6, 6.07) is 88.4. The van der Waals surface area contributed by atoms with Gasteiger partial charge in [0.05, 0.1) is 5.69 Å². The topological polar surface area (TPSA) is 3.24 Å². The molecular weight excluding hydrogens is 851 g/mol. The van der Waals surface area contributed by atoms with E-state index in [0.717, 1.165) is 28.9 Å². The summed E-state index contributed by atoms with van der Waals surface area (Å²) in [4.78, 5) is 2.48. The van der Waals surface area contributed by atoms with E-state index in [1.54, 1.807) is 11.1 Å². The van der Waals surface area contributed by atoms with Crippen LogP contribution in [0.5, 0.6) is 0 Å². The maximum atomic E-state index is 2.57. The van der Waals surface area contributed by atoms with E-state index in [0.29, 0.717) is 0 Å². The zero-order chi connectivity index (χ0) is 45.5. The number of anilines is 3. The molecule has 69 heavy (non-hydrogen) atoms. The maximum absolute atomic E-state index is 2.57. The van der Waals surface area contributed by atoms with E-state index in [-0.39, 0.29) is 5.41 Å². The van der Waals surface area contributed by atoms with Crippen LogP contribution >= 0.6 is 11.3 Å². The number of nitrogens with zero attached hydrogens (tertiary/aromatic N) is 1. The summed E-state index contributed by atoms with van der Waals surface area (Å²) in [5, 5.41) is 2.63. The zero-order valence-electron chi connectivity index (χ0n) is 38.4. The highest BCUT2D eigenvalue weighted by Crippen LogP contribution is 2.66. The van der Waals surface area contributed by atoms with Crippen LogP contribution in [-0.4, -0.2) is 0 Å². The second-order valence-corrected chi connectivity index (χ2v) is 20.6. The molecule has 3 aliphatic carbocycles. The first-order valence-electron chi connectivity index (χ1n) is 24.7. The van der Waals surface area contributed by atoms with Crippen molar-refractivity contribution in [2.75, 3.05) is 4.90 Å². The molecule has 1 heterocycles. The normalized spacial score (nSPS) is 17.7. The molecular formula is C67H49NS. The van der Waals surface area contributed by atoms with Crippen LogP contribution in [0.1, 0.15) is 36.8 Å². The van der Waals surface area contributed by atoms with Crippen LogP contribution in [0.3, 0.4) is 0 Å². The molecule has 328 valence electrons. The molecule has 2 heteroatoms. The maximum Gasteiger partial charge on any atom is 0.0540 e. The Bertz CT molecular complexity index is 3770. The molecule has 0 radical (unpaired) electrons. The van der Waals surface area contributed by atoms with Gasteiger partial charge in [-0.2, -0.15) is 0 Å². The molecule has 2 fully saturated rings. The quantitative estimate of drug-likeness (QED) is 0.147. The zero-order valence-corrected chi connectivity index (χ0v) is 39.2. The Morgan fingerprint density at radius 3 is 1.78 bits per heavy atom. The van der Waals surface area contributed by atoms with Crippen molar-refractivity contribution in [3.05, 3.63) is 248 Å². The van der Waals surface area contributed by atoms with Gasteiger partial charge in [0.1, 0.15) is 0 Å². The van der Waals surface area contributed by atoms with Gasteiger partial charge in [-0.1, -0.05) is 201 Å². The van der Waals surface area contributed by atoms with Crippen molar-refractivity contribution in [2.24, 2.45) is 11.8 Å². The minimum atomic E-state index is 0.147. The number of fused-ring (bicyclic) bond motifs is 11. The Kier molecular flexibility index (Phi) is 9.46. The van der Waals surface area contributed by atoms with Crippen molar-refractivity contribution in [2.45, 2.75) is 31.1 Å². The van der Waals surface area contributed by atoms with Crippen LogP contribution in [0.25, 0.3) is 86.9 Å². The minimum Gasteiger partial charge on any atom is -0.310 e. The smallest absolute Gasteiger partial charge is 0.0540 e. The van der Waals surface area contributed by atoms with Crippen molar-refractivity contribution in [1.29, 1.82) is 0 Å². The average molecular weight is 900 g/mol. The summed E-state index contributed by atoms with van der Waals surface area (Å²) < 4.78 is 2.64. The van der Waals surface area contributed by atoms with Gasteiger partial charge >= 0.3 is 0 Å². The van der Waals surface area contributed by atoms with Crippen LogP contribution in [-0.2, 0) is 5.41 Å². The van der Waals surface area contributed by atoms with Gasteiger partial charge in [0.25, 0.3) is 0 Å². The van der Waals surface area contributed by atoms with Crippen molar-refractivity contribution < 1.29 is 0 Å². The predicted molar refractivity (Wildman–Crippen MR) is 293 cm³/mol. The van der Waals surface area contributed by atoms with Gasteiger partial charge in [0, 0.05) is 42.5 Å². The average Bonchev–Trinajstić information content (AvgIpc) is 4.21. The lowest BCUT2D eigenvalue weighted by Crippen LogP contribution is -2.31. The fraction of sp³-hybridized carbons (Fsp3) is 0.104. The molecule has 2 bridgehead atoms. The molecule has 2 saturated carbocycles. The van der Waals surface area contributed by atoms with Crippen LogP contribution in [0.2, 0.25) is 0 Å². The standard InChI is InChI=1S/C67H49NS/c1-2-16-46(17-3-1)52-20-4-5-21-54(52)55-22-6-7-23-56(55)59-25-9-12-30-64(59)68(51-19-14-18-48(41-51)53-27-15-28-61-60-26-10-13-31-65(60)69-66(53)61)50-37-33-45(34-38-50)47-35-39-58-57-24-8-11-29-62(57)67(63(58)42-47)43-44-32-36-49(67)40-44/h1-31,33-35,37-39,41-42,44,49H,32,36,40,43H2. The van der Waals surface area contributed by atoms with Gasteiger partial charge in [-0.3, -0.25) is 0 Å². The van der Waals surface area contributed by atoms with Gasteiger partial charge in [-0.05, 0) is 146 Å². The van der Waals surface area contributed by atoms with Crippen LogP contribution < -0.4 is 4.90 Å². The number of hydrogen-bond donors (Lipinski definition) is 0.